The summed E-state index contributed by atoms with van der Waals surface area (Å²) < 4.78 is 0. The number of aromatic nitrogens is 4. The minimum absolute atomic E-state index is 0.537. The predicted molar refractivity (Wildman–Crippen MR) is 114 cm³/mol. The first kappa shape index (κ1) is 17.0. The summed E-state index contributed by atoms with van der Waals surface area (Å²) >= 11 is 5.27. The summed E-state index contributed by atoms with van der Waals surface area (Å²) in [7, 11) is 0. The lowest BCUT2D eigenvalue weighted by atomic mass is 10.1. The van der Waals surface area contributed by atoms with E-state index in [1.165, 1.54) is 0 Å². The van der Waals surface area contributed by atoms with Gasteiger partial charge in [-0.2, -0.15) is 0 Å². The van der Waals surface area contributed by atoms with Crippen molar-refractivity contribution in [3.63, 3.8) is 0 Å². The van der Waals surface area contributed by atoms with Crippen molar-refractivity contribution < 1.29 is 0 Å². The van der Waals surface area contributed by atoms with Gasteiger partial charge in [-0.3, -0.25) is 0 Å². The van der Waals surface area contributed by atoms with Gasteiger partial charge < -0.3 is 20.6 Å². The Bertz CT molecular complexity index is 1080. The highest BCUT2D eigenvalue weighted by molar-refractivity contribution is 7.80. The van der Waals surface area contributed by atoms with E-state index in [9.17, 15) is 0 Å². The number of aromatic amines is 2. The van der Waals surface area contributed by atoms with E-state index >= 15 is 0 Å². The molecule has 0 unspecified atom stereocenters. The van der Waals surface area contributed by atoms with Crippen LogP contribution in [0.2, 0.25) is 0 Å². The van der Waals surface area contributed by atoms with Gasteiger partial charge in [0.25, 0.3) is 0 Å². The fraction of sp³-hybridized carbons (Fsp3) is 0.0500. The topological polar surface area (TPSA) is 81.4 Å². The van der Waals surface area contributed by atoms with Crippen LogP contribution in [-0.4, -0.2) is 31.6 Å². The molecular formula is C20H18N6S. The Morgan fingerprint density at radius 3 is 2.26 bits per heavy atom. The van der Waals surface area contributed by atoms with E-state index in [0.717, 1.165) is 39.5 Å². The Balaban J connectivity index is 1.77. The lowest BCUT2D eigenvalue weighted by Crippen LogP contribution is -2.28. The second kappa shape index (κ2) is 7.43. The molecule has 0 aliphatic carbocycles. The first-order valence-corrected chi connectivity index (χ1v) is 8.90. The van der Waals surface area contributed by atoms with E-state index < -0.39 is 0 Å². The Morgan fingerprint density at radius 1 is 1.00 bits per heavy atom. The van der Waals surface area contributed by atoms with E-state index in [-0.39, 0.29) is 0 Å². The van der Waals surface area contributed by atoms with Crippen molar-refractivity contribution in [1.29, 1.82) is 0 Å². The Kier molecular flexibility index (Phi) is 4.67. The third-order valence-electron chi connectivity index (χ3n) is 4.04. The lowest BCUT2D eigenvalue weighted by molar-refractivity contribution is 1.06. The summed E-state index contributed by atoms with van der Waals surface area (Å²) in [5.74, 6) is 0. The van der Waals surface area contributed by atoms with Crippen molar-refractivity contribution in [3.8, 4) is 22.8 Å². The van der Waals surface area contributed by atoms with Crippen LogP contribution in [0.25, 0.3) is 33.8 Å². The molecule has 0 radical (unpaired) electrons. The molecule has 6 nitrogen and oxygen atoms in total. The van der Waals surface area contributed by atoms with Crippen LogP contribution in [0.4, 0.5) is 5.69 Å². The van der Waals surface area contributed by atoms with Gasteiger partial charge in [0.15, 0.2) is 5.11 Å². The highest BCUT2D eigenvalue weighted by atomic mass is 32.1. The zero-order valence-electron chi connectivity index (χ0n) is 14.5. The molecule has 4 aromatic rings. The van der Waals surface area contributed by atoms with Gasteiger partial charge in [0.2, 0.25) is 0 Å². The summed E-state index contributed by atoms with van der Waals surface area (Å²) in [6.45, 7) is 4.28. The van der Waals surface area contributed by atoms with Crippen LogP contribution in [0.5, 0.6) is 0 Å². The average molecular weight is 374 g/mol. The molecule has 0 amide bonds. The van der Waals surface area contributed by atoms with Gasteiger partial charge in [-0.05, 0) is 54.7 Å². The van der Waals surface area contributed by atoms with Crippen molar-refractivity contribution in [1.82, 2.24) is 25.3 Å². The molecule has 134 valence electrons. The zero-order valence-corrected chi connectivity index (χ0v) is 15.3. The predicted octanol–water partition coefficient (Wildman–Crippen LogP) is 4.09. The number of benzene rings is 1. The van der Waals surface area contributed by atoms with Crippen molar-refractivity contribution in [3.05, 3.63) is 67.5 Å². The van der Waals surface area contributed by atoms with Gasteiger partial charge in [0, 0.05) is 24.6 Å². The molecule has 0 bridgehead atoms. The molecule has 3 heterocycles. The molecule has 0 saturated carbocycles. The summed E-state index contributed by atoms with van der Waals surface area (Å²) in [5.41, 5.74) is 5.88. The quantitative estimate of drug-likeness (QED) is 0.312. The normalized spacial score (nSPS) is 10.7. The van der Waals surface area contributed by atoms with E-state index in [0.29, 0.717) is 11.7 Å². The highest BCUT2D eigenvalue weighted by Gasteiger charge is 2.14. The number of anilines is 1. The van der Waals surface area contributed by atoms with Crippen LogP contribution in [0.15, 0.2) is 67.5 Å². The van der Waals surface area contributed by atoms with Gasteiger partial charge in [0.1, 0.15) is 11.4 Å². The third-order valence-corrected chi connectivity index (χ3v) is 4.28. The molecule has 3 aromatic heterocycles. The smallest absolute Gasteiger partial charge is 0.171 e. The molecule has 0 atom stereocenters. The van der Waals surface area contributed by atoms with Crippen LogP contribution in [0, 0.1) is 0 Å². The third kappa shape index (κ3) is 3.58. The fourth-order valence-electron chi connectivity index (χ4n) is 2.80. The van der Waals surface area contributed by atoms with E-state index in [1.807, 2.05) is 54.9 Å². The molecule has 1 aromatic carbocycles. The van der Waals surface area contributed by atoms with Gasteiger partial charge in [-0.1, -0.05) is 6.08 Å². The van der Waals surface area contributed by atoms with Crippen molar-refractivity contribution in [2.24, 2.45) is 0 Å². The summed E-state index contributed by atoms with van der Waals surface area (Å²) in [6, 6.07) is 13.7. The Morgan fingerprint density at radius 2 is 1.67 bits per heavy atom. The fourth-order valence-corrected chi connectivity index (χ4v) is 3.00. The summed E-state index contributed by atoms with van der Waals surface area (Å²) in [4.78, 5) is 16.1. The first-order chi connectivity index (χ1) is 13.2. The molecule has 0 aliphatic rings. The summed E-state index contributed by atoms with van der Waals surface area (Å²) in [5, 5.41) is 6.74. The zero-order chi connectivity index (χ0) is 18.6. The maximum atomic E-state index is 5.27. The first-order valence-electron chi connectivity index (χ1n) is 8.49. The van der Waals surface area contributed by atoms with Crippen LogP contribution in [-0.2, 0) is 0 Å². The largest absolute Gasteiger partial charge is 0.360 e. The number of H-pyrrole nitrogens is 2. The number of hydrogen-bond donors (Lipinski definition) is 4. The van der Waals surface area contributed by atoms with Gasteiger partial charge in [-0.25, -0.2) is 9.97 Å². The average Bonchev–Trinajstić information content (AvgIpc) is 3.39. The monoisotopic (exact) mass is 374 g/mol. The van der Waals surface area contributed by atoms with Crippen molar-refractivity contribution in [2.75, 3.05) is 11.9 Å². The van der Waals surface area contributed by atoms with Crippen molar-refractivity contribution in [2.45, 2.75) is 0 Å². The second-order valence-corrected chi connectivity index (χ2v) is 6.32. The van der Waals surface area contributed by atoms with E-state index in [4.69, 9.17) is 22.2 Å². The van der Waals surface area contributed by atoms with Crippen LogP contribution < -0.4 is 10.6 Å². The van der Waals surface area contributed by atoms with Crippen molar-refractivity contribution >= 4 is 34.1 Å². The number of fused-ring (bicyclic) bond motifs is 1. The molecule has 0 spiro atoms. The number of nitrogens with zero attached hydrogens (tertiary/aromatic N) is 2. The van der Waals surface area contributed by atoms with E-state index in [2.05, 4.69) is 27.2 Å². The Hall–Kier alpha value is -3.45. The van der Waals surface area contributed by atoms with Gasteiger partial charge >= 0.3 is 0 Å². The molecular weight excluding hydrogens is 356 g/mol. The van der Waals surface area contributed by atoms with Crippen LogP contribution in [0.3, 0.4) is 0 Å². The van der Waals surface area contributed by atoms with E-state index in [1.54, 1.807) is 6.08 Å². The number of rotatable bonds is 5. The molecule has 27 heavy (non-hydrogen) atoms. The second-order valence-electron chi connectivity index (χ2n) is 5.92. The molecule has 0 aliphatic heterocycles. The maximum absolute atomic E-state index is 5.27. The maximum Gasteiger partial charge on any atom is 0.171 e. The SMILES string of the molecule is C=CCNC(=S)Nc1ccc2nc(-c3ccc[nH]3)c(-c3ccc[nH]3)nc2c1. The number of hydrogen-bond acceptors (Lipinski definition) is 3. The molecule has 7 heteroatoms. The molecule has 0 fully saturated rings. The minimum atomic E-state index is 0.537. The summed E-state index contributed by atoms with van der Waals surface area (Å²) in [6.07, 6.45) is 5.51. The Labute approximate surface area is 161 Å². The standard InChI is InChI=1S/C20H18N6S/c1-2-9-23-20(27)24-13-7-8-14-17(12-13)26-19(16-6-4-11-22-16)18(25-14)15-5-3-10-21-15/h2-8,10-12,21-22H,1,9H2,(H2,23,24,27). The molecule has 0 saturated heterocycles. The van der Waals surface area contributed by atoms with Crippen LogP contribution in [0.1, 0.15) is 0 Å². The van der Waals surface area contributed by atoms with Crippen LogP contribution >= 0.6 is 12.2 Å². The van der Waals surface area contributed by atoms with Gasteiger partial charge in [0.05, 0.1) is 22.4 Å². The number of nitrogens with one attached hydrogen (secondary N) is 4. The lowest BCUT2D eigenvalue weighted by Gasteiger charge is -2.11. The van der Waals surface area contributed by atoms with Gasteiger partial charge in [-0.15, -0.1) is 6.58 Å². The minimum Gasteiger partial charge on any atom is -0.360 e. The highest BCUT2D eigenvalue weighted by Crippen LogP contribution is 2.29. The molecule has 4 N–H and O–H groups in total. The number of thiocarbonyl (C=S) groups is 1. The molecule has 4 rings (SSSR count).